The van der Waals surface area contributed by atoms with Crippen molar-refractivity contribution in [2.24, 2.45) is 0 Å². The van der Waals surface area contributed by atoms with Crippen molar-refractivity contribution in [2.75, 3.05) is 5.32 Å². The van der Waals surface area contributed by atoms with Crippen molar-refractivity contribution in [2.45, 2.75) is 13.5 Å². The molecule has 6 heteroatoms. The first-order valence-electron chi connectivity index (χ1n) is 4.98. The number of rotatable bonds is 3. The molecule has 0 aliphatic heterocycles. The topological polar surface area (TPSA) is 50.7 Å². The van der Waals surface area contributed by atoms with E-state index in [0.29, 0.717) is 22.0 Å². The Labute approximate surface area is 113 Å². The molecule has 0 saturated carbocycles. The van der Waals surface area contributed by atoms with Crippen molar-refractivity contribution in [3.05, 3.63) is 45.5 Å². The normalized spacial score (nSPS) is 10.3. The van der Waals surface area contributed by atoms with E-state index in [4.69, 9.17) is 11.6 Å². The molecule has 17 heavy (non-hydrogen) atoms. The maximum absolute atomic E-state index is 5.87. The highest BCUT2D eigenvalue weighted by molar-refractivity contribution is 9.10. The molecule has 1 N–H and O–H groups in total. The van der Waals surface area contributed by atoms with Gasteiger partial charge >= 0.3 is 0 Å². The summed E-state index contributed by atoms with van der Waals surface area (Å²) in [6.45, 7) is 2.59. The minimum Gasteiger partial charge on any atom is -0.365 e. The van der Waals surface area contributed by atoms with E-state index >= 15 is 0 Å². The summed E-state index contributed by atoms with van der Waals surface area (Å²) in [7, 11) is 0. The lowest BCUT2D eigenvalue weighted by molar-refractivity contribution is 1.05. The lowest BCUT2D eigenvalue weighted by Crippen LogP contribution is -2.03. The standard InChI is InChI=1S/C11H10BrClN4/c1-7-2-3-8(4-14-7)5-15-11-9(12)10(13)16-6-17-11/h2-4,6H,5H2,1H3,(H,15,16,17). The second kappa shape index (κ2) is 5.42. The smallest absolute Gasteiger partial charge is 0.148 e. The quantitative estimate of drug-likeness (QED) is 0.884. The van der Waals surface area contributed by atoms with Crippen molar-refractivity contribution in [1.82, 2.24) is 15.0 Å². The van der Waals surface area contributed by atoms with Crippen LogP contribution in [0.1, 0.15) is 11.3 Å². The first kappa shape index (κ1) is 12.3. The van der Waals surface area contributed by atoms with Crippen molar-refractivity contribution in [3.63, 3.8) is 0 Å². The van der Waals surface area contributed by atoms with Crippen LogP contribution in [-0.2, 0) is 6.54 Å². The van der Waals surface area contributed by atoms with Gasteiger partial charge in [0, 0.05) is 18.4 Å². The predicted octanol–water partition coefficient (Wildman–Crippen LogP) is 3.21. The third-order valence-corrected chi connectivity index (χ3v) is 3.45. The van der Waals surface area contributed by atoms with Crippen LogP contribution in [0.25, 0.3) is 0 Å². The Hall–Kier alpha value is -1.20. The highest BCUT2D eigenvalue weighted by Crippen LogP contribution is 2.26. The fourth-order valence-electron chi connectivity index (χ4n) is 1.26. The monoisotopic (exact) mass is 312 g/mol. The molecule has 0 radical (unpaired) electrons. The summed E-state index contributed by atoms with van der Waals surface area (Å²) in [5, 5.41) is 3.56. The number of aromatic nitrogens is 3. The van der Waals surface area contributed by atoms with Crippen molar-refractivity contribution < 1.29 is 0 Å². The van der Waals surface area contributed by atoms with Crippen molar-refractivity contribution in [1.29, 1.82) is 0 Å². The van der Waals surface area contributed by atoms with Crippen LogP contribution in [0.4, 0.5) is 5.82 Å². The zero-order valence-electron chi connectivity index (χ0n) is 9.11. The average molecular weight is 314 g/mol. The Morgan fingerprint density at radius 1 is 1.29 bits per heavy atom. The van der Waals surface area contributed by atoms with Gasteiger partial charge in [-0.3, -0.25) is 4.98 Å². The number of aryl methyl sites for hydroxylation is 1. The van der Waals surface area contributed by atoms with E-state index in [1.807, 2.05) is 25.3 Å². The van der Waals surface area contributed by atoms with Crippen LogP contribution in [0.3, 0.4) is 0 Å². The molecular weight excluding hydrogens is 304 g/mol. The summed E-state index contributed by atoms with van der Waals surface area (Å²) in [6, 6.07) is 3.99. The van der Waals surface area contributed by atoms with Gasteiger partial charge in [0.15, 0.2) is 0 Å². The van der Waals surface area contributed by atoms with Crippen molar-refractivity contribution >= 4 is 33.3 Å². The van der Waals surface area contributed by atoms with Gasteiger partial charge in [0.1, 0.15) is 17.3 Å². The summed E-state index contributed by atoms with van der Waals surface area (Å²) in [5.41, 5.74) is 2.08. The molecule has 2 aromatic rings. The number of halogens is 2. The number of anilines is 1. The number of pyridine rings is 1. The van der Waals surface area contributed by atoms with E-state index in [1.165, 1.54) is 6.33 Å². The molecule has 0 fully saturated rings. The third-order valence-electron chi connectivity index (χ3n) is 2.18. The molecule has 0 unspecified atom stereocenters. The summed E-state index contributed by atoms with van der Waals surface area (Å²) in [6.07, 6.45) is 3.25. The number of hydrogen-bond acceptors (Lipinski definition) is 4. The van der Waals surface area contributed by atoms with Gasteiger partial charge in [-0.2, -0.15) is 0 Å². The molecule has 0 atom stereocenters. The predicted molar refractivity (Wildman–Crippen MR) is 71.0 cm³/mol. The second-order valence-electron chi connectivity index (χ2n) is 3.49. The molecule has 2 aromatic heterocycles. The highest BCUT2D eigenvalue weighted by Gasteiger charge is 2.05. The number of hydrogen-bond donors (Lipinski definition) is 1. The number of nitrogens with zero attached hydrogens (tertiary/aromatic N) is 3. The molecular formula is C11H10BrClN4. The molecule has 0 amide bonds. The molecule has 88 valence electrons. The highest BCUT2D eigenvalue weighted by atomic mass is 79.9. The summed E-state index contributed by atoms with van der Waals surface area (Å²) in [5.74, 6) is 0.672. The van der Waals surface area contributed by atoms with Gasteiger partial charge in [-0.05, 0) is 34.5 Å². The molecule has 2 rings (SSSR count). The van der Waals surface area contributed by atoms with Gasteiger partial charge in [0.2, 0.25) is 0 Å². The van der Waals surface area contributed by atoms with Gasteiger partial charge in [0.25, 0.3) is 0 Å². The number of nitrogens with one attached hydrogen (secondary N) is 1. The van der Waals surface area contributed by atoms with E-state index in [-0.39, 0.29) is 0 Å². The lowest BCUT2D eigenvalue weighted by Gasteiger charge is -2.07. The molecule has 0 aromatic carbocycles. The van der Waals surface area contributed by atoms with Crippen LogP contribution in [0, 0.1) is 6.92 Å². The maximum atomic E-state index is 5.87. The molecule has 0 bridgehead atoms. The van der Waals surface area contributed by atoms with Gasteiger partial charge in [0.05, 0.1) is 4.47 Å². The Bertz CT molecular complexity index is 515. The first-order valence-corrected chi connectivity index (χ1v) is 6.15. The molecule has 0 spiro atoms. The summed E-state index contributed by atoms with van der Waals surface area (Å²) in [4.78, 5) is 12.2. The van der Waals surface area contributed by atoms with Crippen LogP contribution in [-0.4, -0.2) is 15.0 Å². The van der Waals surface area contributed by atoms with Crippen LogP contribution in [0.15, 0.2) is 29.1 Å². The Kier molecular flexibility index (Phi) is 3.91. The van der Waals surface area contributed by atoms with Gasteiger partial charge in [-0.25, -0.2) is 9.97 Å². The van der Waals surface area contributed by atoms with E-state index in [0.717, 1.165) is 11.3 Å². The Balaban J connectivity index is 2.07. The van der Waals surface area contributed by atoms with Crippen LogP contribution < -0.4 is 5.32 Å². The van der Waals surface area contributed by atoms with Gasteiger partial charge in [-0.1, -0.05) is 17.7 Å². The molecule has 2 heterocycles. The zero-order chi connectivity index (χ0) is 12.3. The van der Waals surface area contributed by atoms with Crippen LogP contribution in [0.2, 0.25) is 5.15 Å². The van der Waals surface area contributed by atoms with E-state index in [2.05, 4.69) is 36.2 Å². The third kappa shape index (κ3) is 3.14. The Morgan fingerprint density at radius 3 is 2.82 bits per heavy atom. The molecule has 0 aliphatic rings. The minimum atomic E-state index is 0.393. The zero-order valence-corrected chi connectivity index (χ0v) is 11.5. The second-order valence-corrected chi connectivity index (χ2v) is 4.64. The summed E-state index contributed by atoms with van der Waals surface area (Å²) < 4.78 is 0.668. The van der Waals surface area contributed by atoms with Gasteiger partial charge < -0.3 is 5.32 Å². The fraction of sp³-hybridized carbons (Fsp3) is 0.182. The van der Waals surface area contributed by atoms with Crippen molar-refractivity contribution in [3.8, 4) is 0 Å². The van der Waals surface area contributed by atoms with Crippen LogP contribution in [0.5, 0.6) is 0 Å². The Morgan fingerprint density at radius 2 is 2.12 bits per heavy atom. The van der Waals surface area contributed by atoms with E-state index in [1.54, 1.807) is 0 Å². The van der Waals surface area contributed by atoms with Crippen LogP contribution >= 0.6 is 27.5 Å². The van der Waals surface area contributed by atoms with Gasteiger partial charge in [-0.15, -0.1) is 0 Å². The fourth-order valence-corrected chi connectivity index (χ4v) is 1.74. The van der Waals surface area contributed by atoms with E-state index < -0.39 is 0 Å². The molecule has 4 nitrogen and oxygen atoms in total. The molecule has 0 saturated heterocycles. The average Bonchev–Trinajstić information content (AvgIpc) is 2.33. The maximum Gasteiger partial charge on any atom is 0.148 e. The largest absolute Gasteiger partial charge is 0.365 e. The van der Waals surface area contributed by atoms with E-state index in [9.17, 15) is 0 Å². The minimum absolute atomic E-state index is 0.393. The lowest BCUT2D eigenvalue weighted by atomic mass is 10.2. The SMILES string of the molecule is Cc1ccc(CNc2ncnc(Cl)c2Br)cn1. The molecule has 0 aliphatic carbocycles. The first-order chi connectivity index (χ1) is 8.16. The summed E-state index contributed by atoms with van der Waals surface area (Å²) >= 11 is 9.20.